The minimum Gasteiger partial charge on any atom is -0.459 e. The van der Waals surface area contributed by atoms with Gasteiger partial charge in [0.1, 0.15) is 0 Å². The van der Waals surface area contributed by atoms with Gasteiger partial charge in [-0.1, -0.05) is 23.7 Å². The van der Waals surface area contributed by atoms with Crippen molar-refractivity contribution >= 4 is 34.9 Å². The molecule has 0 spiro atoms. The van der Waals surface area contributed by atoms with E-state index in [9.17, 15) is 14.4 Å². The van der Waals surface area contributed by atoms with E-state index in [1.165, 1.54) is 25.3 Å². The second-order valence-corrected chi connectivity index (χ2v) is 6.33. The number of Topliss-reactive ketones (excluding diaryl/α,β-unsaturated/α-hetero) is 1. The molecule has 0 aliphatic heterocycles. The molecule has 6 nitrogen and oxygen atoms in total. The first-order valence-corrected chi connectivity index (χ1v) is 8.78. The first-order chi connectivity index (χ1) is 13.5. The number of nitrogens with one attached hydrogen (secondary N) is 1. The zero-order valence-corrected chi connectivity index (χ0v) is 15.6. The third kappa shape index (κ3) is 4.47. The van der Waals surface area contributed by atoms with Gasteiger partial charge in [0, 0.05) is 10.6 Å². The molecule has 0 radical (unpaired) electrons. The van der Waals surface area contributed by atoms with Crippen LogP contribution in [0.15, 0.2) is 71.3 Å². The number of carbonyl (C=O) groups excluding carboxylic acids is 3. The lowest BCUT2D eigenvalue weighted by Crippen LogP contribution is -2.25. The van der Waals surface area contributed by atoms with E-state index in [1.807, 2.05) is 0 Å². The van der Waals surface area contributed by atoms with Gasteiger partial charge in [0.2, 0.25) is 5.78 Å². The predicted octanol–water partition coefficient (Wildman–Crippen LogP) is 4.61. The Hall–Kier alpha value is -3.38. The van der Waals surface area contributed by atoms with E-state index >= 15 is 0 Å². The van der Waals surface area contributed by atoms with Crippen molar-refractivity contribution in [3.05, 3.63) is 88.8 Å². The van der Waals surface area contributed by atoms with Crippen molar-refractivity contribution in [1.82, 2.24) is 0 Å². The van der Waals surface area contributed by atoms with E-state index in [0.717, 1.165) is 0 Å². The number of para-hydroxylation sites is 1. The summed E-state index contributed by atoms with van der Waals surface area (Å²) >= 11 is 5.82. The number of furan rings is 1. The average molecular weight is 398 g/mol. The Morgan fingerprint density at radius 3 is 2.39 bits per heavy atom. The molecule has 1 atom stereocenters. The first-order valence-electron chi connectivity index (χ1n) is 8.40. The second-order valence-electron chi connectivity index (χ2n) is 5.90. The normalized spacial score (nSPS) is 11.5. The highest BCUT2D eigenvalue weighted by atomic mass is 35.5. The molecule has 1 aromatic heterocycles. The second kappa shape index (κ2) is 8.54. The van der Waals surface area contributed by atoms with Crippen LogP contribution in [0.3, 0.4) is 0 Å². The van der Waals surface area contributed by atoms with E-state index in [2.05, 4.69) is 5.32 Å². The number of benzene rings is 2. The molecule has 7 heteroatoms. The van der Waals surface area contributed by atoms with Crippen LogP contribution in [0.4, 0.5) is 5.69 Å². The Balaban J connectivity index is 1.72. The van der Waals surface area contributed by atoms with Gasteiger partial charge in [0.15, 0.2) is 11.9 Å². The number of anilines is 1. The van der Waals surface area contributed by atoms with E-state index in [4.69, 9.17) is 20.8 Å². The van der Waals surface area contributed by atoms with Crippen molar-refractivity contribution in [2.45, 2.75) is 13.0 Å². The Bertz CT molecular complexity index is 996. The summed E-state index contributed by atoms with van der Waals surface area (Å²) in [5, 5.41) is 3.10. The molecule has 0 unspecified atom stereocenters. The molecule has 1 amide bonds. The van der Waals surface area contributed by atoms with Crippen molar-refractivity contribution in [3.63, 3.8) is 0 Å². The van der Waals surface area contributed by atoms with Gasteiger partial charge in [-0.05, 0) is 55.5 Å². The fourth-order valence-electron chi connectivity index (χ4n) is 2.49. The van der Waals surface area contributed by atoms with E-state index in [0.29, 0.717) is 10.6 Å². The molecule has 0 aliphatic carbocycles. The molecule has 2 aromatic carbocycles. The highest BCUT2D eigenvalue weighted by Crippen LogP contribution is 2.19. The lowest BCUT2D eigenvalue weighted by molar-refractivity contribution is 0.0320. The third-order valence-corrected chi connectivity index (χ3v) is 4.17. The maximum atomic E-state index is 12.6. The monoisotopic (exact) mass is 397 g/mol. The maximum Gasteiger partial charge on any atom is 0.340 e. The first kappa shape index (κ1) is 19.4. The largest absolute Gasteiger partial charge is 0.459 e. The van der Waals surface area contributed by atoms with Gasteiger partial charge in [-0.2, -0.15) is 0 Å². The number of carbonyl (C=O) groups is 3. The number of esters is 1. The van der Waals surface area contributed by atoms with Gasteiger partial charge < -0.3 is 14.5 Å². The van der Waals surface area contributed by atoms with Gasteiger partial charge >= 0.3 is 5.97 Å². The quantitative estimate of drug-likeness (QED) is 0.484. The molecular formula is C21H16ClNO5. The molecule has 0 aliphatic rings. The molecule has 0 bridgehead atoms. The Kier molecular flexibility index (Phi) is 5.91. The lowest BCUT2D eigenvalue weighted by atomic mass is 10.1. The van der Waals surface area contributed by atoms with E-state index in [1.54, 1.807) is 48.5 Å². The molecule has 0 saturated heterocycles. The van der Waals surface area contributed by atoms with Crippen LogP contribution in [0.5, 0.6) is 0 Å². The van der Waals surface area contributed by atoms with Crippen LogP contribution in [-0.4, -0.2) is 23.8 Å². The van der Waals surface area contributed by atoms with Crippen LogP contribution < -0.4 is 5.32 Å². The summed E-state index contributed by atoms with van der Waals surface area (Å²) in [5.74, 6) is -1.49. The maximum absolute atomic E-state index is 12.6. The average Bonchev–Trinajstić information content (AvgIpc) is 3.23. The fourth-order valence-corrected chi connectivity index (χ4v) is 2.61. The van der Waals surface area contributed by atoms with Gasteiger partial charge in [0.25, 0.3) is 5.91 Å². The Morgan fingerprint density at radius 2 is 1.71 bits per heavy atom. The molecule has 142 valence electrons. The molecule has 0 saturated carbocycles. The molecule has 0 fully saturated rings. The van der Waals surface area contributed by atoms with Crippen molar-refractivity contribution < 1.29 is 23.5 Å². The zero-order chi connectivity index (χ0) is 20.1. The predicted molar refractivity (Wildman–Crippen MR) is 104 cm³/mol. The third-order valence-electron chi connectivity index (χ3n) is 3.92. The number of hydrogen-bond donors (Lipinski definition) is 1. The van der Waals surface area contributed by atoms with Crippen LogP contribution in [-0.2, 0) is 4.74 Å². The summed E-state index contributed by atoms with van der Waals surface area (Å²) in [6.07, 6.45) is 0.363. The summed E-state index contributed by atoms with van der Waals surface area (Å²) < 4.78 is 10.3. The smallest absolute Gasteiger partial charge is 0.340 e. The van der Waals surface area contributed by atoms with Crippen LogP contribution in [0.1, 0.15) is 38.2 Å². The summed E-state index contributed by atoms with van der Waals surface area (Å²) in [4.78, 5) is 37.2. The molecular weight excluding hydrogens is 382 g/mol. The molecule has 3 rings (SSSR count). The number of rotatable bonds is 6. The van der Waals surface area contributed by atoms with E-state index in [-0.39, 0.29) is 22.8 Å². The Morgan fingerprint density at radius 1 is 1.00 bits per heavy atom. The molecule has 1 heterocycles. The van der Waals surface area contributed by atoms with Crippen molar-refractivity contribution in [2.24, 2.45) is 0 Å². The van der Waals surface area contributed by atoms with Crippen molar-refractivity contribution in [2.75, 3.05) is 5.32 Å². The topological polar surface area (TPSA) is 85.6 Å². The van der Waals surface area contributed by atoms with E-state index < -0.39 is 18.0 Å². The number of halogens is 1. The molecule has 28 heavy (non-hydrogen) atoms. The standard InChI is InChI=1S/C21H16ClNO5/c1-13(19(24)14-8-10-15(22)11-9-14)28-21(26)16-5-2-3-6-17(16)23-20(25)18-7-4-12-27-18/h2-13H,1H3,(H,23,25)/t13-/m1/s1. The summed E-state index contributed by atoms with van der Waals surface area (Å²) in [6, 6.07) is 15.7. The highest BCUT2D eigenvalue weighted by Gasteiger charge is 2.23. The summed E-state index contributed by atoms with van der Waals surface area (Å²) in [6.45, 7) is 1.49. The number of amides is 1. The van der Waals surface area contributed by atoms with Gasteiger partial charge in [-0.15, -0.1) is 0 Å². The van der Waals surface area contributed by atoms with Gasteiger partial charge in [0.05, 0.1) is 17.5 Å². The lowest BCUT2D eigenvalue weighted by Gasteiger charge is -2.14. The van der Waals surface area contributed by atoms with Crippen molar-refractivity contribution in [3.8, 4) is 0 Å². The number of ketones is 1. The van der Waals surface area contributed by atoms with Crippen LogP contribution >= 0.6 is 11.6 Å². The summed E-state index contributed by atoms with van der Waals surface area (Å²) in [7, 11) is 0. The summed E-state index contributed by atoms with van der Waals surface area (Å²) in [5.41, 5.74) is 0.752. The number of hydrogen-bond acceptors (Lipinski definition) is 5. The van der Waals surface area contributed by atoms with Gasteiger partial charge in [-0.25, -0.2) is 4.79 Å². The number of ether oxygens (including phenoxy) is 1. The van der Waals surface area contributed by atoms with Crippen LogP contribution in [0, 0.1) is 0 Å². The fraction of sp³-hybridized carbons (Fsp3) is 0.0952. The minimum absolute atomic E-state index is 0.106. The SMILES string of the molecule is C[C@@H](OC(=O)c1ccccc1NC(=O)c1ccco1)C(=O)c1ccc(Cl)cc1. The van der Waals surface area contributed by atoms with Gasteiger partial charge in [-0.3, -0.25) is 9.59 Å². The minimum atomic E-state index is -1.01. The zero-order valence-electron chi connectivity index (χ0n) is 14.8. The molecule has 1 N–H and O–H groups in total. The Labute approximate surface area is 166 Å². The van der Waals surface area contributed by atoms with Crippen molar-refractivity contribution in [1.29, 1.82) is 0 Å². The highest BCUT2D eigenvalue weighted by molar-refractivity contribution is 6.30. The van der Waals surface area contributed by atoms with Crippen LogP contribution in [0.25, 0.3) is 0 Å². The van der Waals surface area contributed by atoms with Crippen LogP contribution in [0.2, 0.25) is 5.02 Å². The molecule has 3 aromatic rings.